The Hall–Kier alpha value is -0.960. The molecule has 0 radical (unpaired) electrons. The number of nitrogens with zero attached hydrogens (tertiary/aromatic N) is 2. The molecule has 13 heavy (non-hydrogen) atoms. The Kier molecular flexibility index (Phi) is 2.04. The fourth-order valence-corrected chi connectivity index (χ4v) is 1.49. The lowest BCUT2D eigenvalue weighted by atomic mass is 10.1. The van der Waals surface area contributed by atoms with Crippen LogP contribution in [0.2, 0.25) is 0 Å². The van der Waals surface area contributed by atoms with E-state index < -0.39 is 0 Å². The Bertz CT molecular complexity index is 334. The molecule has 1 aliphatic rings. The minimum Gasteiger partial charge on any atom is -0.370 e. The highest BCUT2D eigenvalue weighted by Crippen LogP contribution is 2.22. The summed E-state index contributed by atoms with van der Waals surface area (Å²) >= 11 is 0. The zero-order valence-electron chi connectivity index (χ0n) is 8.29. The molecule has 0 aromatic carbocycles. The van der Waals surface area contributed by atoms with Crippen LogP contribution >= 0.6 is 0 Å². The van der Waals surface area contributed by atoms with Crippen molar-refractivity contribution in [2.75, 3.05) is 0 Å². The molecule has 1 aromatic heterocycles. The first-order valence-corrected chi connectivity index (χ1v) is 4.62. The van der Waals surface area contributed by atoms with E-state index in [4.69, 9.17) is 4.74 Å². The molecule has 0 saturated heterocycles. The number of hydrogen-bond acceptors (Lipinski definition) is 3. The van der Waals surface area contributed by atoms with E-state index in [0.29, 0.717) is 19.1 Å². The predicted octanol–water partition coefficient (Wildman–Crippen LogP) is 1.94. The highest BCUT2D eigenvalue weighted by Gasteiger charge is 2.18. The van der Waals surface area contributed by atoms with E-state index in [0.717, 1.165) is 17.2 Å². The first-order valence-electron chi connectivity index (χ1n) is 4.62. The first kappa shape index (κ1) is 8.63. The van der Waals surface area contributed by atoms with E-state index in [-0.39, 0.29) is 0 Å². The van der Waals surface area contributed by atoms with Crippen LogP contribution in [0.1, 0.15) is 42.5 Å². The number of rotatable bonds is 1. The average molecular weight is 178 g/mol. The van der Waals surface area contributed by atoms with Crippen LogP contribution < -0.4 is 0 Å². The number of aromatic nitrogens is 2. The third-order valence-electron chi connectivity index (χ3n) is 2.32. The van der Waals surface area contributed by atoms with Gasteiger partial charge in [0.2, 0.25) is 0 Å². The monoisotopic (exact) mass is 178 g/mol. The molecular formula is C10H14N2O. The van der Waals surface area contributed by atoms with Gasteiger partial charge in [-0.15, -0.1) is 0 Å². The third-order valence-corrected chi connectivity index (χ3v) is 2.32. The minimum atomic E-state index is 0.393. The Morgan fingerprint density at radius 2 is 2.00 bits per heavy atom. The Balaban J connectivity index is 2.49. The van der Waals surface area contributed by atoms with Crippen molar-refractivity contribution in [3.05, 3.63) is 22.8 Å². The van der Waals surface area contributed by atoms with Crippen molar-refractivity contribution in [3.8, 4) is 0 Å². The lowest BCUT2D eigenvalue weighted by Gasteiger charge is -2.07. The van der Waals surface area contributed by atoms with Crippen molar-refractivity contribution in [1.29, 1.82) is 0 Å². The van der Waals surface area contributed by atoms with Gasteiger partial charge in [0, 0.05) is 17.2 Å². The van der Waals surface area contributed by atoms with Crippen molar-refractivity contribution in [3.63, 3.8) is 0 Å². The molecule has 3 nitrogen and oxygen atoms in total. The second-order valence-electron chi connectivity index (χ2n) is 3.74. The van der Waals surface area contributed by atoms with E-state index in [1.165, 1.54) is 5.56 Å². The SMILES string of the molecule is Cc1nc(C(C)C)nc2c1COC2. The smallest absolute Gasteiger partial charge is 0.131 e. The maximum absolute atomic E-state index is 5.33. The number of ether oxygens (including phenoxy) is 1. The molecule has 1 aromatic rings. The standard InChI is InChI=1S/C10H14N2O/c1-6(2)10-11-7(3)8-4-13-5-9(8)12-10/h6H,4-5H2,1-3H3. The largest absolute Gasteiger partial charge is 0.370 e. The van der Waals surface area contributed by atoms with Crippen LogP contribution in [0, 0.1) is 6.92 Å². The van der Waals surface area contributed by atoms with Crippen molar-refractivity contribution >= 4 is 0 Å². The Labute approximate surface area is 78.2 Å². The van der Waals surface area contributed by atoms with Gasteiger partial charge in [-0.2, -0.15) is 0 Å². The molecule has 0 atom stereocenters. The number of aryl methyl sites for hydroxylation is 1. The summed E-state index contributed by atoms with van der Waals surface area (Å²) in [7, 11) is 0. The van der Waals surface area contributed by atoms with Gasteiger partial charge in [0.1, 0.15) is 5.82 Å². The lowest BCUT2D eigenvalue weighted by Crippen LogP contribution is -2.04. The molecule has 0 N–H and O–H groups in total. The first-order chi connectivity index (χ1) is 6.18. The third kappa shape index (κ3) is 1.44. The van der Waals surface area contributed by atoms with Gasteiger partial charge in [0.25, 0.3) is 0 Å². The van der Waals surface area contributed by atoms with Crippen LogP contribution in [0.5, 0.6) is 0 Å². The molecule has 2 rings (SSSR count). The summed E-state index contributed by atoms with van der Waals surface area (Å²) in [6, 6.07) is 0. The van der Waals surface area contributed by atoms with Crippen LogP contribution in [0.4, 0.5) is 0 Å². The molecule has 1 aliphatic heterocycles. The highest BCUT2D eigenvalue weighted by atomic mass is 16.5. The molecule has 2 heterocycles. The summed E-state index contributed by atoms with van der Waals surface area (Å²) in [5.41, 5.74) is 3.34. The van der Waals surface area contributed by atoms with E-state index in [1.54, 1.807) is 0 Å². The maximum atomic E-state index is 5.33. The van der Waals surface area contributed by atoms with Gasteiger partial charge >= 0.3 is 0 Å². The zero-order chi connectivity index (χ0) is 9.42. The minimum absolute atomic E-state index is 0.393. The van der Waals surface area contributed by atoms with Crippen molar-refractivity contribution in [1.82, 2.24) is 9.97 Å². The second-order valence-corrected chi connectivity index (χ2v) is 3.74. The molecule has 0 bridgehead atoms. The van der Waals surface area contributed by atoms with E-state index in [2.05, 4.69) is 23.8 Å². The summed E-state index contributed by atoms with van der Waals surface area (Å²) in [4.78, 5) is 8.93. The number of hydrogen-bond donors (Lipinski definition) is 0. The fourth-order valence-electron chi connectivity index (χ4n) is 1.49. The van der Waals surface area contributed by atoms with Gasteiger partial charge < -0.3 is 4.74 Å². The normalized spacial score (nSPS) is 15.1. The molecule has 0 aliphatic carbocycles. The van der Waals surface area contributed by atoms with Crippen LogP contribution in [0.15, 0.2) is 0 Å². The van der Waals surface area contributed by atoms with Gasteiger partial charge in [0.15, 0.2) is 0 Å². The van der Waals surface area contributed by atoms with Gasteiger partial charge in [-0.3, -0.25) is 0 Å². The molecule has 3 heteroatoms. The van der Waals surface area contributed by atoms with Gasteiger partial charge in [-0.05, 0) is 6.92 Å². The fraction of sp³-hybridized carbons (Fsp3) is 0.600. The topological polar surface area (TPSA) is 35.0 Å². The molecule has 0 fully saturated rings. The lowest BCUT2D eigenvalue weighted by molar-refractivity contribution is 0.133. The van der Waals surface area contributed by atoms with Gasteiger partial charge in [-0.1, -0.05) is 13.8 Å². The average Bonchev–Trinajstić information content (AvgIpc) is 2.51. The number of fused-ring (bicyclic) bond motifs is 1. The van der Waals surface area contributed by atoms with E-state index >= 15 is 0 Å². The van der Waals surface area contributed by atoms with Crippen LogP contribution in [-0.4, -0.2) is 9.97 Å². The molecule has 0 unspecified atom stereocenters. The quantitative estimate of drug-likeness (QED) is 0.659. The highest BCUT2D eigenvalue weighted by molar-refractivity contribution is 5.26. The summed E-state index contributed by atoms with van der Waals surface area (Å²) in [6.07, 6.45) is 0. The Morgan fingerprint density at radius 1 is 1.23 bits per heavy atom. The van der Waals surface area contributed by atoms with Crippen LogP contribution in [0.3, 0.4) is 0 Å². The van der Waals surface area contributed by atoms with E-state index in [9.17, 15) is 0 Å². The summed E-state index contributed by atoms with van der Waals surface area (Å²) in [6.45, 7) is 7.58. The predicted molar refractivity (Wildman–Crippen MR) is 49.4 cm³/mol. The molecule has 0 saturated carbocycles. The summed E-state index contributed by atoms with van der Waals surface area (Å²) < 4.78 is 5.33. The van der Waals surface area contributed by atoms with Crippen molar-refractivity contribution in [2.24, 2.45) is 0 Å². The maximum Gasteiger partial charge on any atom is 0.131 e. The van der Waals surface area contributed by atoms with Crippen molar-refractivity contribution in [2.45, 2.75) is 39.9 Å². The molecule has 70 valence electrons. The van der Waals surface area contributed by atoms with Crippen LogP contribution in [-0.2, 0) is 18.0 Å². The van der Waals surface area contributed by atoms with Crippen molar-refractivity contribution < 1.29 is 4.74 Å². The molecular weight excluding hydrogens is 164 g/mol. The zero-order valence-corrected chi connectivity index (χ0v) is 8.29. The summed E-state index contributed by atoms with van der Waals surface area (Å²) in [5, 5.41) is 0. The van der Waals surface area contributed by atoms with E-state index in [1.807, 2.05) is 6.92 Å². The molecule has 0 spiro atoms. The molecule has 0 amide bonds. The van der Waals surface area contributed by atoms with Gasteiger partial charge in [0.05, 0.1) is 18.9 Å². The Morgan fingerprint density at radius 3 is 2.69 bits per heavy atom. The van der Waals surface area contributed by atoms with Gasteiger partial charge in [-0.25, -0.2) is 9.97 Å². The van der Waals surface area contributed by atoms with Crippen LogP contribution in [0.25, 0.3) is 0 Å². The second kappa shape index (κ2) is 3.07. The summed E-state index contributed by atoms with van der Waals surface area (Å²) in [5.74, 6) is 1.33.